The molecule has 146 valence electrons. The zero-order valence-corrected chi connectivity index (χ0v) is 15.8. The Balaban J connectivity index is 1.60. The molecule has 8 heteroatoms. The summed E-state index contributed by atoms with van der Waals surface area (Å²) >= 11 is 0. The van der Waals surface area contributed by atoms with Crippen molar-refractivity contribution in [1.82, 2.24) is 25.1 Å². The summed E-state index contributed by atoms with van der Waals surface area (Å²) < 4.78 is 1.63. The first-order chi connectivity index (χ1) is 14.2. The number of nitrogens with one attached hydrogen (secondary N) is 3. The van der Waals surface area contributed by atoms with E-state index in [9.17, 15) is 9.59 Å². The van der Waals surface area contributed by atoms with Gasteiger partial charge in [-0.25, -0.2) is 4.68 Å². The molecule has 2 aromatic carbocycles. The molecule has 4 rings (SSSR count). The van der Waals surface area contributed by atoms with E-state index in [1.165, 1.54) is 6.20 Å². The van der Waals surface area contributed by atoms with Crippen LogP contribution in [-0.2, 0) is 6.54 Å². The molecule has 0 fully saturated rings. The highest BCUT2D eigenvalue weighted by molar-refractivity contribution is 5.94. The largest absolute Gasteiger partial charge is 0.352 e. The minimum Gasteiger partial charge on any atom is -0.352 e. The first-order valence-corrected chi connectivity index (χ1v) is 9.30. The summed E-state index contributed by atoms with van der Waals surface area (Å²) in [5.41, 5.74) is 2.51. The summed E-state index contributed by atoms with van der Waals surface area (Å²) in [6.45, 7) is 2.85. The Bertz CT molecular complexity index is 1210. The van der Waals surface area contributed by atoms with Gasteiger partial charge in [0, 0.05) is 18.7 Å². The molecule has 2 heterocycles. The lowest BCUT2D eigenvalue weighted by Gasteiger charge is -2.08. The van der Waals surface area contributed by atoms with E-state index >= 15 is 0 Å². The molecule has 0 bridgehead atoms. The lowest BCUT2D eigenvalue weighted by atomic mass is 10.1. The molecule has 3 N–H and O–H groups in total. The summed E-state index contributed by atoms with van der Waals surface area (Å²) in [6, 6.07) is 16.8. The molecule has 0 unspecified atom stereocenters. The van der Waals surface area contributed by atoms with Gasteiger partial charge in [0.1, 0.15) is 5.39 Å². The highest BCUT2D eigenvalue weighted by Crippen LogP contribution is 2.15. The summed E-state index contributed by atoms with van der Waals surface area (Å²) in [6.07, 6.45) is 1.51. The van der Waals surface area contributed by atoms with Crippen LogP contribution in [0.3, 0.4) is 0 Å². The Morgan fingerprint density at radius 2 is 1.97 bits per heavy atom. The summed E-state index contributed by atoms with van der Waals surface area (Å²) in [4.78, 5) is 31.7. The molecule has 0 aliphatic rings. The molecule has 29 heavy (non-hydrogen) atoms. The van der Waals surface area contributed by atoms with E-state index in [4.69, 9.17) is 0 Å². The van der Waals surface area contributed by atoms with Crippen LogP contribution in [0.25, 0.3) is 16.7 Å². The van der Waals surface area contributed by atoms with E-state index in [0.717, 1.165) is 11.3 Å². The fourth-order valence-electron chi connectivity index (χ4n) is 3.03. The first kappa shape index (κ1) is 18.4. The molecule has 0 spiro atoms. The van der Waals surface area contributed by atoms with Crippen LogP contribution < -0.4 is 16.2 Å². The van der Waals surface area contributed by atoms with E-state index < -0.39 is 0 Å². The number of fused-ring (bicyclic) bond motifs is 1. The topological polar surface area (TPSA) is 105 Å². The standard InChI is InChI=1S/C21H20N6O2/c1-2-22-19(28)15-8-6-7-14(11-15)12-23-21-25-18-17(20(29)26-21)13-24-27(18)16-9-4-3-5-10-16/h3-11,13H,2,12H2,1H3,(H,22,28)(H2,23,25,26,29). The van der Waals surface area contributed by atoms with E-state index in [2.05, 4.69) is 25.7 Å². The zero-order valence-electron chi connectivity index (χ0n) is 15.8. The van der Waals surface area contributed by atoms with E-state index in [0.29, 0.717) is 35.6 Å². The maximum absolute atomic E-state index is 12.4. The van der Waals surface area contributed by atoms with Gasteiger partial charge in [0.25, 0.3) is 11.5 Å². The van der Waals surface area contributed by atoms with Crippen LogP contribution in [-0.4, -0.2) is 32.2 Å². The minimum absolute atomic E-state index is 0.117. The minimum atomic E-state index is -0.268. The molecule has 0 saturated carbocycles. The fraction of sp³-hybridized carbons (Fsp3) is 0.143. The molecule has 1 amide bonds. The van der Waals surface area contributed by atoms with Gasteiger partial charge in [0.2, 0.25) is 5.95 Å². The number of carbonyl (C=O) groups excluding carboxylic acids is 1. The normalized spacial score (nSPS) is 10.8. The number of amides is 1. The maximum Gasteiger partial charge on any atom is 0.263 e. The average Bonchev–Trinajstić information content (AvgIpc) is 3.18. The van der Waals surface area contributed by atoms with Gasteiger partial charge in [0.05, 0.1) is 11.9 Å². The van der Waals surface area contributed by atoms with Gasteiger partial charge in [-0.1, -0.05) is 30.3 Å². The van der Waals surface area contributed by atoms with Crippen molar-refractivity contribution in [2.75, 3.05) is 11.9 Å². The molecule has 8 nitrogen and oxygen atoms in total. The average molecular weight is 388 g/mol. The van der Waals surface area contributed by atoms with Crippen molar-refractivity contribution in [3.05, 3.63) is 82.3 Å². The van der Waals surface area contributed by atoms with E-state index in [1.807, 2.05) is 55.5 Å². The number of aromatic amines is 1. The third-order valence-corrected chi connectivity index (χ3v) is 4.43. The summed E-state index contributed by atoms with van der Waals surface area (Å²) in [5.74, 6) is 0.220. The SMILES string of the molecule is CCNC(=O)c1cccc(CNc2nc3c(cnn3-c3ccccc3)c(=O)[nH]2)c1. The Kier molecular flexibility index (Phi) is 5.07. The van der Waals surface area contributed by atoms with E-state index in [1.54, 1.807) is 10.7 Å². The Labute approximate surface area is 166 Å². The summed E-state index contributed by atoms with van der Waals surface area (Å²) in [5, 5.41) is 10.6. The summed E-state index contributed by atoms with van der Waals surface area (Å²) in [7, 11) is 0. The third-order valence-electron chi connectivity index (χ3n) is 4.43. The lowest BCUT2D eigenvalue weighted by molar-refractivity contribution is 0.0955. The van der Waals surface area contributed by atoms with Gasteiger partial charge in [0.15, 0.2) is 5.65 Å². The van der Waals surface area contributed by atoms with Crippen molar-refractivity contribution in [1.29, 1.82) is 0 Å². The third kappa shape index (κ3) is 3.86. The van der Waals surface area contributed by atoms with Crippen LogP contribution in [0.5, 0.6) is 0 Å². The molecule has 0 aliphatic carbocycles. The molecule has 0 saturated heterocycles. The van der Waals surface area contributed by atoms with Crippen LogP contribution in [0, 0.1) is 0 Å². The lowest BCUT2D eigenvalue weighted by Crippen LogP contribution is -2.22. The van der Waals surface area contributed by atoms with Crippen molar-refractivity contribution in [2.45, 2.75) is 13.5 Å². The number of aromatic nitrogens is 4. The molecule has 0 atom stereocenters. The molecule has 4 aromatic rings. The van der Waals surface area contributed by atoms with Gasteiger partial charge in [-0.2, -0.15) is 10.1 Å². The number of nitrogens with zero attached hydrogens (tertiary/aromatic N) is 3. The number of rotatable bonds is 6. The van der Waals surface area contributed by atoms with Gasteiger partial charge >= 0.3 is 0 Å². The van der Waals surface area contributed by atoms with Crippen LogP contribution in [0.1, 0.15) is 22.8 Å². The van der Waals surface area contributed by atoms with Gasteiger partial charge in [-0.05, 0) is 36.8 Å². The van der Waals surface area contributed by atoms with Gasteiger partial charge < -0.3 is 10.6 Å². The van der Waals surface area contributed by atoms with Crippen molar-refractivity contribution in [2.24, 2.45) is 0 Å². The van der Waals surface area contributed by atoms with Crippen molar-refractivity contribution < 1.29 is 4.79 Å². The predicted octanol–water partition coefficient (Wildman–Crippen LogP) is 2.47. The van der Waals surface area contributed by atoms with Gasteiger partial charge in [-0.15, -0.1) is 0 Å². The Hall–Kier alpha value is -3.94. The smallest absolute Gasteiger partial charge is 0.263 e. The highest BCUT2D eigenvalue weighted by atomic mass is 16.1. The number of hydrogen-bond acceptors (Lipinski definition) is 5. The van der Waals surface area contributed by atoms with Crippen LogP contribution >= 0.6 is 0 Å². The van der Waals surface area contributed by atoms with Crippen LogP contribution in [0.15, 0.2) is 65.6 Å². The quantitative estimate of drug-likeness (QED) is 0.471. The molecular formula is C21H20N6O2. The van der Waals surface area contributed by atoms with Crippen molar-refractivity contribution in [3.8, 4) is 5.69 Å². The zero-order chi connectivity index (χ0) is 20.2. The van der Waals surface area contributed by atoms with Crippen molar-refractivity contribution >= 4 is 22.9 Å². The van der Waals surface area contributed by atoms with Gasteiger partial charge in [-0.3, -0.25) is 14.6 Å². The fourth-order valence-corrected chi connectivity index (χ4v) is 3.03. The molecule has 0 aliphatic heterocycles. The Morgan fingerprint density at radius 1 is 1.14 bits per heavy atom. The number of hydrogen-bond donors (Lipinski definition) is 3. The number of para-hydroxylation sites is 1. The number of anilines is 1. The first-order valence-electron chi connectivity index (χ1n) is 9.30. The second-order valence-electron chi connectivity index (χ2n) is 6.46. The second-order valence-corrected chi connectivity index (χ2v) is 6.46. The monoisotopic (exact) mass is 388 g/mol. The molecular weight excluding hydrogens is 368 g/mol. The maximum atomic E-state index is 12.4. The number of carbonyl (C=O) groups is 1. The molecule has 2 aromatic heterocycles. The number of H-pyrrole nitrogens is 1. The second kappa shape index (κ2) is 7.97. The van der Waals surface area contributed by atoms with E-state index in [-0.39, 0.29) is 11.5 Å². The molecule has 0 radical (unpaired) electrons. The Morgan fingerprint density at radius 3 is 2.76 bits per heavy atom. The highest BCUT2D eigenvalue weighted by Gasteiger charge is 2.11. The van der Waals surface area contributed by atoms with Crippen LogP contribution in [0.2, 0.25) is 0 Å². The number of benzene rings is 2. The predicted molar refractivity (Wildman–Crippen MR) is 111 cm³/mol. The van der Waals surface area contributed by atoms with Crippen molar-refractivity contribution in [3.63, 3.8) is 0 Å². The van der Waals surface area contributed by atoms with Crippen LogP contribution in [0.4, 0.5) is 5.95 Å².